The Morgan fingerprint density at radius 3 is 3.20 bits per heavy atom. The van der Waals surface area contributed by atoms with Gasteiger partial charge in [0, 0.05) is 5.38 Å². The maximum Gasteiger partial charge on any atom is 0.0897 e. The third-order valence-corrected chi connectivity index (χ3v) is 1.60. The molecular formula is C6H9NO2S. The van der Waals surface area contributed by atoms with E-state index in [0.717, 1.165) is 5.69 Å². The lowest BCUT2D eigenvalue weighted by atomic mass is 10.5. The molecule has 0 aliphatic rings. The van der Waals surface area contributed by atoms with Crippen LogP contribution in [0.3, 0.4) is 0 Å². The van der Waals surface area contributed by atoms with Gasteiger partial charge in [0.2, 0.25) is 0 Å². The van der Waals surface area contributed by atoms with Gasteiger partial charge in [-0.1, -0.05) is 0 Å². The molecular weight excluding hydrogens is 150 g/mol. The maximum atomic E-state index is 8.35. The van der Waals surface area contributed by atoms with Crippen LogP contribution >= 0.6 is 11.3 Å². The molecule has 0 bridgehead atoms. The van der Waals surface area contributed by atoms with Gasteiger partial charge in [-0.05, 0) is 0 Å². The van der Waals surface area contributed by atoms with E-state index in [1.807, 2.05) is 5.38 Å². The fraction of sp³-hybridized carbons (Fsp3) is 0.500. The number of aromatic nitrogens is 1. The van der Waals surface area contributed by atoms with Gasteiger partial charge < -0.3 is 9.84 Å². The van der Waals surface area contributed by atoms with Crippen molar-refractivity contribution in [1.82, 2.24) is 4.98 Å². The zero-order valence-corrected chi connectivity index (χ0v) is 6.30. The van der Waals surface area contributed by atoms with Gasteiger partial charge in [-0.2, -0.15) is 0 Å². The molecule has 0 fully saturated rings. The second-order valence-electron chi connectivity index (χ2n) is 1.76. The molecule has 0 saturated heterocycles. The van der Waals surface area contributed by atoms with E-state index in [4.69, 9.17) is 9.84 Å². The third kappa shape index (κ3) is 2.43. The molecule has 0 aliphatic carbocycles. The minimum absolute atomic E-state index is 0.0735. The Balaban J connectivity index is 2.15. The van der Waals surface area contributed by atoms with Gasteiger partial charge >= 0.3 is 0 Å². The number of aliphatic hydroxyl groups excluding tert-OH is 1. The van der Waals surface area contributed by atoms with Crippen LogP contribution in [0, 0.1) is 0 Å². The van der Waals surface area contributed by atoms with Crippen LogP contribution in [-0.4, -0.2) is 23.3 Å². The topological polar surface area (TPSA) is 42.4 Å². The summed E-state index contributed by atoms with van der Waals surface area (Å²) in [7, 11) is 0. The number of aliphatic hydroxyl groups is 1. The van der Waals surface area contributed by atoms with Crippen LogP contribution in [0.5, 0.6) is 0 Å². The average Bonchev–Trinajstić information content (AvgIpc) is 2.41. The van der Waals surface area contributed by atoms with E-state index >= 15 is 0 Å². The summed E-state index contributed by atoms with van der Waals surface area (Å²) in [5, 5.41) is 10.3. The zero-order chi connectivity index (χ0) is 7.23. The van der Waals surface area contributed by atoms with Crippen molar-refractivity contribution in [2.75, 3.05) is 13.2 Å². The van der Waals surface area contributed by atoms with Gasteiger partial charge in [-0.25, -0.2) is 4.98 Å². The summed E-state index contributed by atoms with van der Waals surface area (Å²) in [6, 6.07) is 0. The molecule has 0 aliphatic heterocycles. The van der Waals surface area contributed by atoms with E-state index in [-0.39, 0.29) is 6.61 Å². The van der Waals surface area contributed by atoms with Crippen molar-refractivity contribution in [3.05, 3.63) is 16.6 Å². The van der Waals surface area contributed by atoms with Crippen molar-refractivity contribution in [2.24, 2.45) is 0 Å². The molecule has 56 valence electrons. The fourth-order valence-electron chi connectivity index (χ4n) is 0.550. The predicted octanol–water partition coefficient (Wildman–Crippen LogP) is 0.652. The van der Waals surface area contributed by atoms with Crippen molar-refractivity contribution in [2.45, 2.75) is 6.61 Å². The smallest absolute Gasteiger partial charge is 0.0897 e. The standard InChI is InChI=1S/C6H9NO2S/c8-1-2-9-3-6-4-10-5-7-6/h4-5,8H,1-3H2. The first-order chi connectivity index (χ1) is 4.93. The molecule has 4 heteroatoms. The average molecular weight is 159 g/mol. The first-order valence-corrected chi connectivity index (χ1v) is 3.93. The minimum Gasteiger partial charge on any atom is -0.394 e. The Hall–Kier alpha value is -0.450. The van der Waals surface area contributed by atoms with E-state index < -0.39 is 0 Å². The summed E-state index contributed by atoms with van der Waals surface area (Å²) < 4.78 is 5.02. The quantitative estimate of drug-likeness (QED) is 0.656. The van der Waals surface area contributed by atoms with E-state index in [9.17, 15) is 0 Å². The Kier molecular flexibility index (Phi) is 3.35. The molecule has 0 spiro atoms. The lowest BCUT2D eigenvalue weighted by molar-refractivity contribution is 0.0800. The molecule has 3 nitrogen and oxygen atoms in total. The number of hydrogen-bond acceptors (Lipinski definition) is 4. The number of nitrogens with zero attached hydrogens (tertiary/aromatic N) is 1. The first kappa shape index (κ1) is 7.65. The lowest BCUT2D eigenvalue weighted by Gasteiger charge is -1.96. The molecule has 0 amide bonds. The fourth-order valence-corrected chi connectivity index (χ4v) is 1.09. The van der Waals surface area contributed by atoms with Crippen molar-refractivity contribution in [3.8, 4) is 0 Å². The van der Waals surface area contributed by atoms with Crippen LogP contribution in [0.4, 0.5) is 0 Å². The highest BCUT2D eigenvalue weighted by Crippen LogP contribution is 2.01. The number of thiazole rings is 1. The van der Waals surface area contributed by atoms with Crippen molar-refractivity contribution in [1.29, 1.82) is 0 Å². The highest BCUT2D eigenvalue weighted by molar-refractivity contribution is 7.07. The third-order valence-electron chi connectivity index (χ3n) is 0.969. The largest absolute Gasteiger partial charge is 0.394 e. The molecule has 0 unspecified atom stereocenters. The van der Waals surface area contributed by atoms with Crippen LogP contribution < -0.4 is 0 Å². The molecule has 1 rings (SSSR count). The maximum absolute atomic E-state index is 8.35. The Bertz CT molecular complexity index is 164. The molecule has 1 aromatic rings. The first-order valence-electron chi connectivity index (χ1n) is 2.99. The van der Waals surface area contributed by atoms with Crippen molar-refractivity contribution in [3.63, 3.8) is 0 Å². The molecule has 0 saturated carbocycles. The highest BCUT2D eigenvalue weighted by Gasteiger charge is 1.92. The number of ether oxygens (including phenoxy) is 1. The van der Waals surface area contributed by atoms with Crippen LogP contribution in [0.2, 0.25) is 0 Å². The van der Waals surface area contributed by atoms with E-state index in [2.05, 4.69) is 4.98 Å². The summed E-state index contributed by atoms with van der Waals surface area (Å²) >= 11 is 1.54. The van der Waals surface area contributed by atoms with Crippen LogP contribution in [0.15, 0.2) is 10.9 Å². The minimum atomic E-state index is 0.0735. The summed E-state index contributed by atoms with van der Waals surface area (Å²) in [5.41, 5.74) is 2.69. The van der Waals surface area contributed by atoms with E-state index in [1.165, 1.54) is 0 Å². The Labute approximate surface area is 63.3 Å². The summed E-state index contributed by atoms with van der Waals surface area (Å²) in [6.07, 6.45) is 0. The number of rotatable bonds is 4. The van der Waals surface area contributed by atoms with Gasteiger partial charge in [0.25, 0.3) is 0 Å². The van der Waals surface area contributed by atoms with Crippen molar-refractivity contribution < 1.29 is 9.84 Å². The monoisotopic (exact) mass is 159 g/mol. The molecule has 0 aromatic carbocycles. The molecule has 0 atom stereocenters. The van der Waals surface area contributed by atoms with Gasteiger partial charge in [0.15, 0.2) is 0 Å². The van der Waals surface area contributed by atoms with Gasteiger partial charge in [0.05, 0.1) is 31.0 Å². The van der Waals surface area contributed by atoms with Crippen LogP contribution in [0.25, 0.3) is 0 Å². The SMILES string of the molecule is OCCOCc1cscn1. The highest BCUT2D eigenvalue weighted by atomic mass is 32.1. The van der Waals surface area contributed by atoms with Crippen molar-refractivity contribution >= 4 is 11.3 Å². The zero-order valence-electron chi connectivity index (χ0n) is 5.49. The second-order valence-corrected chi connectivity index (χ2v) is 2.47. The normalized spacial score (nSPS) is 10.1. The van der Waals surface area contributed by atoms with E-state index in [1.54, 1.807) is 16.8 Å². The van der Waals surface area contributed by atoms with E-state index in [0.29, 0.717) is 13.2 Å². The number of hydrogen-bond donors (Lipinski definition) is 1. The predicted molar refractivity (Wildman–Crippen MR) is 38.9 cm³/mol. The summed E-state index contributed by atoms with van der Waals surface area (Å²) in [4.78, 5) is 4.00. The second kappa shape index (κ2) is 4.38. The van der Waals surface area contributed by atoms with Gasteiger partial charge in [-0.15, -0.1) is 11.3 Å². The summed E-state index contributed by atoms with van der Waals surface area (Å²) in [5.74, 6) is 0. The van der Waals surface area contributed by atoms with Crippen LogP contribution in [-0.2, 0) is 11.3 Å². The summed E-state index contributed by atoms with van der Waals surface area (Å²) in [6.45, 7) is 0.964. The van der Waals surface area contributed by atoms with Gasteiger partial charge in [-0.3, -0.25) is 0 Å². The molecule has 0 radical (unpaired) electrons. The molecule has 1 N–H and O–H groups in total. The Morgan fingerprint density at radius 1 is 1.70 bits per heavy atom. The lowest BCUT2D eigenvalue weighted by Crippen LogP contribution is -1.98. The van der Waals surface area contributed by atoms with Crippen LogP contribution in [0.1, 0.15) is 5.69 Å². The molecule has 1 aromatic heterocycles. The molecule has 1 heterocycles. The Morgan fingerprint density at radius 2 is 2.60 bits per heavy atom. The van der Waals surface area contributed by atoms with Gasteiger partial charge in [0.1, 0.15) is 0 Å². The molecule has 10 heavy (non-hydrogen) atoms.